The molecule has 0 atom stereocenters. The summed E-state index contributed by atoms with van der Waals surface area (Å²) in [6, 6.07) is 11.7. The molecule has 28 heavy (non-hydrogen) atoms. The predicted molar refractivity (Wildman–Crippen MR) is 99.2 cm³/mol. The van der Waals surface area contributed by atoms with Crippen LogP contribution < -0.4 is 15.0 Å². The third kappa shape index (κ3) is 6.00. The van der Waals surface area contributed by atoms with Gasteiger partial charge in [0.05, 0.1) is 12.7 Å². The lowest BCUT2D eigenvalue weighted by Crippen LogP contribution is -2.40. The highest BCUT2D eigenvalue weighted by molar-refractivity contribution is 5.97. The van der Waals surface area contributed by atoms with Crippen molar-refractivity contribution >= 4 is 17.5 Å². The van der Waals surface area contributed by atoms with Gasteiger partial charge in [0.1, 0.15) is 12.3 Å². The molecule has 0 aromatic heterocycles. The van der Waals surface area contributed by atoms with Crippen molar-refractivity contribution in [3.05, 3.63) is 59.7 Å². The van der Waals surface area contributed by atoms with Crippen molar-refractivity contribution in [3.8, 4) is 5.75 Å². The molecule has 0 saturated heterocycles. The first-order valence-corrected chi connectivity index (χ1v) is 8.55. The number of carbonyl (C=O) groups excluding carboxylic acids is 2. The van der Waals surface area contributed by atoms with Crippen molar-refractivity contribution < 1.29 is 27.5 Å². The Labute approximate surface area is 161 Å². The summed E-state index contributed by atoms with van der Waals surface area (Å²) in [6.07, 6.45) is -3.98. The van der Waals surface area contributed by atoms with Gasteiger partial charge >= 0.3 is 6.18 Å². The van der Waals surface area contributed by atoms with Gasteiger partial charge in [-0.05, 0) is 42.3 Å². The number of alkyl halides is 3. The third-order valence-corrected chi connectivity index (χ3v) is 4.04. The summed E-state index contributed by atoms with van der Waals surface area (Å²) in [5.74, 6) is -0.283. The van der Waals surface area contributed by atoms with E-state index < -0.39 is 23.6 Å². The predicted octanol–water partition coefficient (Wildman–Crippen LogP) is 3.43. The Morgan fingerprint density at radius 2 is 1.82 bits per heavy atom. The Hall–Kier alpha value is -3.03. The molecule has 0 fully saturated rings. The van der Waals surface area contributed by atoms with E-state index in [0.717, 1.165) is 22.6 Å². The van der Waals surface area contributed by atoms with E-state index in [9.17, 15) is 22.8 Å². The quantitative estimate of drug-likeness (QED) is 0.783. The van der Waals surface area contributed by atoms with Crippen molar-refractivity contribution in [2.75, 3.05) is 25.1 Å². The SMILES string of the molecule is COc1cccc(CCNC(=O)CN(C(C)=O)c2cccc(C(F)(F)F)c2)c1. The van der Waals surface area contributed by atoms with Gasteiger partial charge in [-0.15, -0.1) is 0 Å². The first-order chi connectivity index (χ1) is 13.2. The molecule has 5 nitrogen and oxygen atoms in total. The molecule has 0 aliphatic carbocycles. The first-order valence-electron chi connectivity index (χ1n) is 8.55. The van der Waals surface area contributed by atoms with Gasteiger partial charge in [-0.3, -0.25) is 9.59 Å². The Balaban J connectivity index is 1.98. The van der Waals surface area contributed by atoms with Gasteiger partial charge in [0.25, 0.3) is 0 Å². The molecule has 2 rings (SSSR count). The number of carbonyl (C=O) groups is 2. The van der Waals surface area contributed by atoms with E-state index in [-0.39, 0.29) is 12.2 Å². The highest BCUT2D eigenvalue weighted by atomic mass is 19.4. The number of rotatable bonds is 7. The summed E-state index contributed by atoms with van der Waals surface area (Å²) in [6.45, 7) is 1.15. The lowest BCUT2D eigenvalue weighted by molar-refractivity contribution is -0.137. The Morgan fingerprint density at radius 3 is 2.46 bits per heavy atom. The van der Waals surface area contributed by atoms with Gasteiger partial charge < -0.3 is 15.0 Å². The minimum Gasteiger partial charge on any atom is -0.497 e. The number of ether oxygens (including phenoxy) is 1. The third-order valence-electron chi connectivity index (χ3n) is 4.04. The Bertz CT molecular complexity index is 837. The zero-order chi connectivity index (χ0) is 20.7. The summed E-state index contributed by atoms with van der Waals surface area (Å²) in [7, 11) is 1.56. The van der Waals surface area contributed by atoms with Crippen LogP contribution in [0, 0.1) is 0 Å². The molecule has 2 amide bonds. The zero-order valence-corrected chi connectivity index (χ0v) is 15.5. The van der Waals surface area contributed by atoms with E-state index in [2.05, 4.69) is 5.32 Å². The van der Waals surface area contributed by atoms with E-state index in [0.29, 0.717) is 18.7 Å². The van der Waals surface area contributed by atoms with Crippen LogP contribution >= 0.6 is 0 Å². The lowest BCUT2D eigenvalue weighted by atomic mass is 10.1. The number of methoxy groups -OCH3 is 1. The molecule has 150 valence electrons. The van der Waals surface area contributed by atoms with Crippen molar-refractivity contribution in [2.45, 2.75) is 19.5 Å². The molecule has 0 aliphatic heterocycles. The van der Waals surface area contributed by atoms with E-state index in [1.807, 2.05) is 24.3 Å². The molecule has 1 N–H and O–H groups in total. The fourth-order valence-corrected chi connectivity index (χ4v) is 2.61. The minimum absolute atomic E-state index is 0.0188. The topological polar surface area (TPSA) is 58.6 Å². The normalized spacial score (nSPS) is 11.0. The minimum atomic E-state index is -4.53. The lowest BCUT2D eigenvalue weighted by Gasteiger charge is -2.21. The van der Waals surface area contributed by atoms with Gasteiger partial charge in [-0.25, -0.2) is 0 Å². The average Bonchev–Trinajstić information content (AvgIpc) is 2.65. The van der Waals surface area contributed by atoms with Gasteiger partial charge in [-0.2, -0.15) is 13.2 Å². The molecule has 0 spiro atoms. The maximum absolute atomic E-state index is 12.9. The number of nitrogens with zero attached hydrogens (tertiary/aromatic N) is 1. The fraction of sp³-hybridized carbons (Fsp3) is 0.300. The molecule has 0 unspecified atom stereocenters. The van der Waals surface area contributed by atoms with Gasteiger partial charge in [0, 0.05) is 19.2 Å². The number of anilines is 1. The highest BCUT2D eigenvalue weighted by Crippen LogP contribution is 2.31. The van der Waals surface area contributed by atoms with Crippen LogP contribution in [-0.2, 0) is 22.2 Å². The number of nitrogens with one attached hydrogen (secondary N) is 1. The maximum Gasteiger partial charge on any atom is 0.416 e. The number of halogens is 3. The van der Waals surface area contributed by atoms with Crippen LogP contribution in [0.4, 0.5) is 18.9 Å². The van der Waals surface area contributed by atoms with E-state index in [1.54, 1.807) is 7.11 Å². The van der Waals surface area contributed by atoms with Gasteiger partial charge in [0.15, 0.2) is 0 Å². The Morgan fingerprint density at radius 1 is 1.11 bits per heavy atom. The molecule has 0 heterocycles. The summed E-state index contributed by atoms with van der Waals surface area (Å²) >= 11 is 0. The molecule has 0 aliphatic rings. The van der Waals surface area contributed by atoms with Crippen molar-refractivity contribution in [3.63, 3.8) is 0 Å². The van der Waals surface area contributed by atoms with Crippen LogP contribution in [0.25, 0.3) is 0 Å². The van der Waals surface area contributed by atoms with Crippen molar-refractivity contribution in [1.82, 2.24) is 5.32 Å². The second-order valence-electron chi connectivity index (χ2n) is 6.10. The number of hydrogen-bond acceptors (Lipinski definition) is 3. The smallest absolute Gasteiger partial charge is 0.416 e. The summed E-state index contributed by atoms with van der Waals surface area (Å²) in [5, 5.41) is 2.67. The molecular weight excluding hydrogens is 373 g/mol. The van der Waals surface area contributed by atoms with Gasteiger partial charge in [0.2, 0.25) is 11.8 Å². The highest BCUT2D eigenvalue weighted by Gasteiger charge is 2.31. The standard InChI is InChI=1S/C20H21F3N2O3/c1-14(26)25(17-7-4-6-16(12-17)20(21,22)23)13-19(27)24-10-9-15-5-3-8-18(11-15)28-2/h3-8,11-12H,9-10,13H2,1-2H3,(H,24,27). The molecule has 2 aromatic carbocycles. The summed E-state index contributed by atoms with van der Waals surface area (Å²) < 4.78 is 43.8. The van der Waals surface area contributed by atoms with Crippen LogP contribution in [0.15, 0.2) is 48.5 Å². The van der Waals surface area contributed by atoms with Crippen LogP contribution in [0.2, 0.25) is 0 Å². The molecule has 0 radical (unpaired) electrons. The molecular formula is C20H21F3N2O3. The molecule has 0 bridgehead atoms. The average molecular weight is 394 g/mol. The van der Waals surface area contributed by atoms with Crippen LogP contribution in [0.3, 0.4) is 0 Å². The van der Waals surface area contributed by atoms with Crippen LogP contribution in [0.5, 0.6) is 5.75 Å². The van der Waals surface area contributed by atoms with Crippen molar-refractivity contribution in [1.29, 1.82) is 0 Å². The van der Waals surface area contributed by atoms with E-state index in [1.165, 1.54) is 19.1 Å². The van der Waals surface area contributed by atoms with E-state index in [4.69, 9.17) is 4.74 Å². The van der Waals surface area contributed by atoms with Crippen LogP contribution in [0.1, 0.15) is 18.1 Å². The number of hydrogen-bond donors (Lipinski definition) is 1. The second-order valence-corrected chi connectivity index (χ2v) is 6.10. The largest absolute Gasteiger partial charge is 0.497 e. The molecule has 8 heteroatoms. The summed E-state index contributed by atoms with van der Waals surface area (Å²) in [5.41, 5.74) is 0.0981. The maximum atomic E-state index is 12.9. The van der Waals surface area contributed by atoms with E-state index >= 15 is 0 Å². The number of amides is 2. The first kappa shape index (κ1) is 21.3. The van der Waals surface area contributed by atoms with Gasteiger partial charge in [-0.1, -0.05) is 18.2 Å². The second kappa shape index (κ2) is 9.25. The summed E-state index contributed by atoms with van der Waals surface area (Å²) in [4.78, 5) is 25.0. The fourth-order valence-electron chi connectivity index (χ4n) is 2.61. The molecule has 2 aromatic rings. The Kier molecular flexibility index (Phi) is 7.03. The van der Waals surface area contributed by atoms with Crippen LogP contribution in [-0.4, -0.2) is 32.0 Å². The molecule has 0 saturated carbocycles. The zero-order valence-electron chi connectivity index (χ0n) is 15.5. The number of benzene rings is 2. The monoisotopic (exact) mass is 394 g/mol. The van der Waals surface area contributed by atoms with Crippen molar-refractivity contribution in [2.24, 2.45) is 0 Å².